The van der Waals surface area contributed by atoms with Crippen LogP contribution in [0.5, 0.6) is 5.75 Å². The number of carbonyl (C=O) groups excluding carboxylic acids is 2. The van der Waals surface area contributed by atoms with Crippen LogP contribution >= 0.6 is 0 Å². The molecule has 2 aromatic rings. The molecule has 1 saturated heterocycles. The van der Waals surface area contributed by atoms with Crippen LogP contribution in [0.15, 0.2) is 48.5 Å². The predicted molar refractivity (Wildman–Crippen MR) is 117 cm³/mol. The molecule has 0 bridgehead atoms. The smallest absolute Gasteiger partial charge is 0.253 e. The van der Waals surface area contributed by atoms with E-state index in [-0.39, 0.29) is 11.8 Å². The zero-order valence-electron chi connectivity index (χ0n) is 17.6. The second-order valence-electron chi connectivity index (χ2n) is 8.39. The van der Waals surface area contributed by atoms with E-state index in [4.69, 9.17) is 4.74 Å². The van der Waals surface area contributed by atoms with Gasteiger partial charge in [0.05, 0.1) is 6.61 Å². The number of nitrogens with one attached hydrogen (secondary N) is 1. The number of ether oxygens (including phenoxy) is 1. The maximum atomic E-state index is 12.8. The van der Waals surface area contributed by atoms with Crippen LogP contribution in [0.25, 0.3) is 0 Å². The number of rotatable bonds is 7. The Labute approximate surface area is 178 Å². The fourth-order valence-corrected chi connectivity index (χ4v) is 3.86. The van der Waals surface area contributed by atoms with Gasteiger partial charge < -0.3 is 15.0 Å². The largest absolute Gasteiger partial charge is 0.493 e. The lowest BCUT2D eigenvalue weighted by Gasteiger charge is -2.32. The standard InChI is InChI=1S/C25H30N2O3/c1-2-18-5-7-21(8-6-18)25(29)27-15-3-4-19(16-27)17-30-23-13-9-20(10-14-23)24(28)26-22-11-12-22/h5-10,13-14,19,22H,2-4,11-12,15-17H2,1H3,(H,26,28). The minimum atomic E-state index is -0.0162. The molecule has 1 atom stereocenters. The molecule has 1 aliphatic carbocycles. The molecule has 2 aliphatic rings. The van der Waals surface area contributed by atoms with Crippen molar-refractivity contribution < 1.29 is 14.3 Å². The first-order chi connectivity index (χ1) is 14.6. The molecule has 0 spiro atoms. The van der Waals surface area contributed by atoms with Gasteiger partial charge in [-0.15, -0.1) is 0 Å². The molecule has 5 nitrogen and oxygen atoms in total. The van der Waals surface area contributed by atoms with Gasteiger partial charge >= 0.3 is 0 Å². The quantitative estimate of drug-likeness (QED) is 0.754. The summed E-state index contributed by atoms with van der Waals surface area (Å²) in [6, 6.07) is 15.6. The number of likely N-dealkylation sites (tertiary alicyclic amines) is 1. The highest BCUT2D eigenvalue weighted by atomic mass is 16.5. The van der Waals surface area contributed by atoms with Gasteiger partial charge in [0.25, 0.3) is 11.8 Å². The van der Waals surface area contributed by atoms with Crippen LogP contribution in [-0.2, 0) is 6.42 Å². The minimum Gasteiger partial charge on any atom is -0.493 e. The van der Waals surface area contributed by atoms with Crippen LogP contribution in [0.4, 0.5) is 0 Å². The Kier molecular flexibility index (Phi) is 6.36. The Bertz CT molecular complexity index is 872. The summed E-state index contributed by atoms with van der Waals surface area (Å²) < 4.78 is 5.97. The zero-order valence-corrected chi connectivity index (χ0v) is 17.6. The molecule has 1 unspecified atom stereocenters. The van der Waals surface area contributed by atoms with Crippen molar-refractivity contribution in [3.05, 3.63) is 65.2 Å². The Morgan fingerprint density at radius 2 is 1.70 bits per heavy atom. The molecule has 0 radical (unpaired) electrons. The van der Waals surface area contributed by atoms with Gasteiger partial charge in [-0.2, -0.15) is 0 Å². The first-order valence-corrected chi connectivity index (χ1v) is 11.0. The summed E-state index contributed by atoms with van der Waals surface area (Å²) in [5.41, 5.74) is 2.67. The van der Waals surface area contributed by atoms with E-state index in [0.29, 0.717) is 24.1 Å². The molecule has 1 heterocycles. The van der Waals surface area contributed by atoms with E-state index in [9.17, 15) is 9.59 Å². The number of amides is 2. The molecule has 2 aromatic carbocycles. The number of benzene rings is 2. The van der Waals surface area contributed by atoms with E-state index in [1.54, 1.807) is 0 Å². The first kappa shape index (κ1) is 20.5. The average molecular weight is 407 g/mol. The lowest BCUT2D eigenvalue weighted by atomic mass is 9.98. The number of hydrogen-bond donors (Lipinski definition) is 1. The molecule has 4 rings (SSSR count). The molecule has 1 N–H and O–H groups in total. The molecule has 30 heavy (non-hydrogen) atoms. The molecule has 1 saturated carbocycles. The molecule has 1 aliphatic heterocycles. The van der Waals surface area contributed by atoms with Crippen LogP contribution in [0.1, 0.15) is 58.9 Å². The second kappa shape index (κ2) is 9.33. The van der Waals surface area contributed by atoms with Gasteiger partial charge in [0, 0.05) is 36.2 Å². The van der Waals surface area contributed by atoms with E-state index in [1.165, 1.54) is 5.56 Å². The highest BCUT2D eigenvalue weighted by molar-refractivity contribution is 5.95. The summed E-state index contributed by atoms with van der Waals surface area (Å²) in [5.74, 6) is 1.16. The first-order valence-electron chi connectivity index (χ1n) is 11.0. The SMILES string of the molecule is CCc1ccc(C(=O)N2CCCC(COc3ccc(C(=O)NC4CC4)cc3)C2)cc1. The topological polar surface area (TPSA) is 58.6 Å². The molecular weight excluding hydrogens is 376 g/mol. The van der Waals surface area contributed by atoms with Crippen LogP contribution in [0.2, 0.25) is 0 Å². The van der Waals surface area contributed by atoms with Crippen molar-refractivity contribution >= 4 is 11.8 Å². The fraction of sp³-hybridized carbons (Fsp3) is 0.440. The third-order valence-corrected chi connectivity index (χ3v) is 5.93. The molecule has 0 aromatic heterocycles. The number of piperidine rings is 1. The van der Waals surface area contributed by atoms with Gasteiger partial charge in [-0.3, -0.25) is 9.59 Å². The van der Waals surface area contributed by atoms with Gasteiger partial charge in [-0.1, -0.05) is 19.1 Å². The van der Waals surface area contributed by atoms with E-state index in [0.717, 1.165) is 56.5 Å². The third-order valence-electron chi connectivity index (χ3n) is 5.93. The van der Waals surface area contributed by atoms with Crippen LogP contribution in [-0.4, -0.2) is 42.5 Å². The lowest BCUT2D eigenvalue weighted by molar-refractivity contribution is 0.0633. The van der Waals surface area contributed by atoms with E-state index in [2.05, 4.69) is 12.2 Å². The van der Waals surface area contributed by atoms with E-state index in [1.807, 2.05) is 53.4 Å². The molecule has 2 amide bonds. The summed E-state index contributed by atoms with van der Waals surface area (Å²) in [6.07, 6.45) is 5.19. The monoisotopic (exact) mass is 406 g/mol. The van der Waals surface area contributed by atoms with Crippen LogP contribution < -0.4 is 10.1 Å². The van der Waals surface area contributed by atoms with Crippen molar-refractivity contribution in [1.82, 2.24) is 10.2 Å². The van der Waals surface area contributed by atoms with Crippen molar-refractivity contribution in [1.29, 1.82) is 0 Å². The van der Waals surface area contributed by atoms with Gasteiger partial charge in [-0.25, -0.2) is 0 Å². The maximum Gasteiger partial charge on any atom is 0.253 e. The predicted octanol–water partition coefficient (Wildman–Crippen LogP) is 4.07. The van der Waals surface area contributed by atoms with Gasteiger partial charge in [-0.05, 0) is 74.1 Å². The van der Waals surface area contributed by atoms with E-state index >= 15 is 0 Å². The Morgan fingerprint density at radius 3 is 2.37 bits per heavy atom. The van der Waals surface area contributed by atoms with E-state index < -0.39 is 0 Å². The molecule has 158 valence electrons. The Balaban J connectivity index is 1.28. The third kappa shape index (κ3) is 5.21. The number of carbonyl (C=O) groups is 2. The highest BCUT2D eigenvalue weighted by Crippen LogP contribution is 2.22. The summed E-state index contributed by atoms with van der Waals surface area (Å²) in [7, 11) is 0. The highest BCUT2D eigenvalue weighted by Gasteiger charge is 2.25. The summed E-state index contributed by atoms with van der Waals surface area (Å²) in [6.45, 7) is 4.21. The lowest BCUT2D eigenvalue weighted by Crippen LogP contribution is -2.41. The maximum absolute atomic E-state index is 12.8. The zero-order chi connectivity index (χ0) is 20.9. The summed E-state index contributed by atoms with van der Waals surface area (Å²) in [5, 5.41) is 2.99. The minimum absolute atomic E-state index is 0.0162. The average Bonchev–Trinajstić information content (AvgIpc) is 3.62. The van der Waals surface area contributed by atoms with Gasteiger partial charge in [0.1, 0.15) is 5.75 Å². The van der Waals surface area contributed by atoms with Crippen molar-refractivity contribution in [2.24, 2.45) is 5.92 Å². The normalized spacial score (nSPS) is 18.7. The van der Waals surface area contributed by atoms with Crippen molar-refractivity contribution in [2.75, 3.05) is 19.7 Å². The Hall–Kier alpha value is -2.82. The van der Waals surface area contributed by atoms with Crippen LogP contribution in [0, 0.1) is 5.92 Å². The van der Waals surface area contributed by atoms with Crippen molar-refractivity contribution in [2.45, 2.75) is 45.1 Å². The molecule has 5 heteroatoms. The molecular formula is C25H30N2O3. The number of nitrogens with zero attached hydrogens (tertiary/aromatic N) is 1. The number of hydrogen-bond acceptors (Lipinski definition) is 3. The fourth-order valence-electron chi connectivity index (χ4n) is 3.86. The summed E-state index contributed by atoms with van der Waals surface area (Å²) in [4.78, 5) is 26.9. The van der Waals surface area contributed by atoms with Gasteiger partial charge in [0.2, 0.25) is 0 Å². The Morgan fingerprint density at radius 1 is 1.00 bits per heavy atom. The molecule has 2 fully saturated rings. The van der Waals surface area contributed by atoms with Gasteiger partial charge in [0.15, 0.2) is 0 Å². The van der Waals surface area contributed by atoms with Crippen molar-refractivity contribution in [3.63, 3.8) is 0 Å². The second-order valence-corrected chi connectivity index (χ2v) is 8.39. The number of aryl methyl sites for hydroxylation is 1. The summed E-state index contributed by atoms with van der Waals surface area (Å²) >= 11 is 0. The van der Waals surface area contributed by atoms with Crippen LogP contribution in [0.3, 0.4) is 0 Å². The van der Waals surface area contributed by atoms with Crippen molar-refractivity contribution in [3.8, 4) is 5.75 Å².